The lowest BCUT2D eigenvalue weighted by Crippen LogP contribution is -3.00. The quantitative estimate of drug-likeness (QED) is 0.601. The molecule has 0 fully saturated rings. The molecule has 4 nitrogen and oxygen atoms in total. The number of ether oxygens (including phenoxy) is 2. The minimum Gasteiger partial charge on any atom is -1.00 e. The lowest BCUT2D eigenvalue weighted by molar-refractivity contribution is -0.00000665. The first-order chi connectivity index (χ1) is 13.2. The van der Waals surface area contributed by atoms with E-state index in [2.05, 4.69) is 10.3 Å². The molecule has 0 bridgehead atoms. The number of halogens is 3. The lowest BCUT2D eigenvalue weighted by atomic mass is 10.2. The van der Waals surface area contributed by atoms with Crippen molar-refractivity contribution in [1.29, 1.82) is 0 Å². The second kappa shape index (κ2) is 10.9. The van der Waals surface area contributed by atoms with Crippen LogP contribution in [0.15, 0.2) is 60.9 Å². The average molecular weight is 422 g/mol. The molecule has 3 aromatic rings. The van der Waals surface area contributed by atoms with Crippen molar-refractivity contribution in [2.75, 3.05) is 7.11 Å². The third-order valence-electron chi connectivity index (χ3n) is 4.07. The van der Waals surface area contributed by atoms with Crippen LogP contribution in [0.4, 0.5) is 4.39 Å². The maximum atomic E-state index is 13.9. The smallest absolute Gasteiger partial charge is 0.161 e. The second-order valence-electron chi connectivity index (χ2n) is 5.93. The van der Waals surface area contributed by atoms with Gasteiger partial charge in [-0.05, 0) is 47.5 Å². The monoisotopic (exact) mass is 421 g/mol. The molecule has 1 heterocycles. The Morgan fingerprint density at radius 3 is 2.46 bits per heavy atom. The Bertz CT molecular complexity index is 875. The van der Waals surface area contributed by atoms with Crippen LogP contribution in [0.2, 0.25) is 5.02 Å². The first-order valence-corrected chi connectivity index (χ1v) is 8.87. The van der Waals surface area contributed by atoms with Gasteiger partial charge in [-0.2, -0.15) is 0 Å². The van der Waals surface area contributed by atoms with E-state index in [1.807, 2.05) is 30.3 Å². The Morgan fingerprint density at radius 1 is 1.00 bits per heavy atom. The van der Waals surface area contributed by atoms with E-state index in [-0.39, 0.29) is 19.0 Å². The van der Waals surface area contributed by atoms with Crippen molar-refractivity contribution in [3.8, 4) is 11.5 Å². The summed E-state index contributed by atoms with van der Waals surface area (Å²) in [5, 5.41) is 3.71. The standard InChI is InChI=1S/C21H20ClFN2O2.ClH/c1-26-21-11-16(13-25-12-15-7-9-24-10-8-15)5-6-20(21)27-14-17-18(22)3-2-4-19(17)23;/h2-11,25H,12-14H2,1H3;1H/p-1. The van der Waals surface area contributed by atoms with E-state index in [0.29, 0.717) is 28.6 Å². The van der Waals surface area contributed by atoms with Crippen molar-refractivity contribution in [3.05, 3.63) is 88.5 Å². The van der Waals surface area contributed by atoms with E-state index in [1.54, 1.807) is 31.6 Å². The third kappa shape index (κ3) is 5.83. The SMILES string of the molecule is COc1cc(CNCc2ccncc2)ccc1OCc1c(F)cccc1Cl.[Cl-]. The minimum absolute atomic E-state index is 0. The largest absolute Gasteiger partial charge is 1.00 e. The predicted molar refractivity (Wildman–Crippen MR) is 104 cm³/mol. The number of nitrogens with zero attached hydrogens (tertiary/aromatic N) is 1. The van der Waals surface area contributed by atoms with E-state index in [0.717, 1.165) is 12.1 Å². The molecule has 0 spiro atoms. The topological polar surface area (TPSA) is 43.4 Å². The van der Waals surface area contributed by atoms with Gasteiger partial charge in [-0.1, -0.05) is 23.7 Å². The number of hydrogen-bond acceptors (Lipinski definition) is 4. The Balaban J connectivity index is 0.00000280. The van der Waals surface area contributed by atoms with E-state index >= 15 is 0 Å². The molecule has 1 N–H and O–H groups in total. The number of nitrogens with one attached hydrogen (secondary N) is 1. The highest BCUT2D eigenvalue weighted by molar-refractivity contribution is 6.31. The summed E-state index contributed by atoms with van der Waals surface area (Å²) in [4.78, 5) is 4.00. The van der Waals surface area contributed by atoms with Gasteiger partial charge in [0.25, 0.3) is 0 Å². The van der Waals surface area contributed by atoms with Crippen LogP contribution in [0, 0.1) is 5.82 Å². The molecular weight excluding hydrogens is 402 g/mol. The number of rotatable bonds is 8. The fourth-order valence-electron chi connectivity index (χ4n) is 2.61. The highest BCUT2D eigenvalue weighted by Gasteiger charge is 2.11. The van der Waals surface area contributed by atoms with E-state index in [1.165, 1.54) is 11.6 Å². The fourth-order valence-corrected chi connectivity index (χ4v) is 2.83. The normalized spacial score (nSPS) is 10.2. The molecule has 2 aromatic carbocycles. The summed E-state index contributed by atoms with van der Waals surface area (Å²) in [6, 6.07) is 14.2. The first-order valence-electron chi connectivity index (χ1n) is 8.49. The van der Waals surface area contributed by atoms with E-state index < -0.39 is 5.82 Å². The summed E-state index contributed by atoms with van der Waals surface area (Å²) in [7, 11) is 1.58. The molecule has 7 heteroatoms. The zero-order chi connectivity index (χ0) is 19.1. The Labute approximate surface area is 175 Å². The van der Waals surface area contributed by atoms with Crippen LogP contribution in [-0.4, -0.2) is 12.1 Å². The molecule has 0 unspecified atom stereocenters. The van der Waals surface area contributed by atoms with Crippen LogP contribution in [-0.2, 0) is 19.7 Å². The lowest BCUT2D eigenvalue weighted by Gasteiger charge is -2.13. The molecule has 0 saturated heterocycles. The minimum atomic E-state index is -0.390. The Hall–Kier alpha value is -2.34. The van der Waals surface area contributed by atoms with Crippen molar-refractivity contribution in [1.82, 2.24) is 10.3 Å². The Kier molecular flexibility index (Phi) is 8.51. The maximum absolute atomic E-state index is 13.9. The van der Waals surface area contributed by atoms with Gasteiger partial charge >= 0.3 is 0 Å². The van der Waals surface area contributed by atoms with E-state index in [4.69, 9.17) is 21.1 Å². The van der Waals surface area contributed by atoms with Gasteiger partial charge in [0, 0.05) is 31.0 Å². The number of hydrogen-bond donors (Lipinski definition) is 1. The Morgan fingerprint density at radius 2 is 1.75 bits per heavy atom. The van der Waals surface area contributed by atoms with Crippen LogP contribution < -0.4 is 27.2 Å². The zero-order valence-corrected chi connectivity index (χ0v) is 16.8. The van der Waals surface area contributed by atoms with Gasteiger partial charge in [-0.15, -0.1) is 0 Å². The van der Waals surface area contributed by atoms with E-state index in [9.17, 15) is 4.39 Å². The van der Waals surface area contributed by atoms with Crippen LogP contribution in [0.5, 0.6) is 11.5 Å². The average Bonchev–Trinajstić information content (AvgIpc) is 2.69. The fraction of sp³-hybridized carbons (Fsp3) is 0.190. The summed E-state index contributed by atoms with van der Waals surface area (Å²) in [6.45, 7) is 1.45. The second-order valence-corrected chi connectivity index (χ2v) is 6.34. The molecule has 3 rings (SSSR count). The molecule has 1 aromatic heterocycles. The highest BCUT2D eigenvalue weighted by atomic mass is 35.5. The third-order valence-corrected chi connectivity index (χ3v) is 4.42. The number of methoxy groups -OCH3 is 1. The number of pyridine rings is 1. The zero-order valence-electron chi connectivity index (χ0n) is 15.3. The molecular formula is C21H20Cl2FN2O2-. The van der Waals surface area contributed by atoms with Crippen LogP contribution in [0.25, 0.3) is 0 Å². The molecule has 148 valence electrons. The highest BCUT2D eigenvalue weighted by Crippen LogP contribution is 2.30. The van der Waals surface area contributed by atoms with Crippen LogP contribution >= 0.6 is 11.6 Å². The molecule has 0 radical (unpaired) electrons. The van der Waals surface area contributed by atoms with Gasteiger partial charge in [0.1, 0.15) is 12.4 Å². The number of aromatic nitrogens is 1. The van der Waals surface area contributed by atoms with Gasteiger partial charge in [-0.25, -0.2) is 4.39 Å². The maximum Gasteiger partial charge on any atom is 0.161 e. The van der Waals surface area contributed by atoms with Gasteiger partial charge < -0.3 is 27.2 Å². The summed E-state index contributed by atoms with van der Waals surface area (Å²) in [5.41, 5.74) is 2.54. The van der Waals surface area contributed by atoms with Crippen molar-refractivity contribution < 1.29 is 26.3 Å². The van der Waals surface area contributed by atoms with Crippen molar-refractivity contribution in [2.24, 2.45) is 0 Å². The molecule has 28 heavy (non-hydrogen) atoms. The van der Waals surface area contributed by atoms with Crippen molar-refractivity contribution in [2.45, 2.75) is 19.7 Å². The van der Waals surface area contributed by atoms with Gasteiger partial charge in [0.05, 0.1) is 12.1 Å². The molecule has 0 aliphatic carbocycles. The molecule has 0 atom stereocenters. The van der Waals surface area contributed by atoms with Crippen LogP contribution in [0.3, 0.4) is 0 Å². The van der Waals surface area contributed by atoms with Crippen molar-refractivity contribution in [3.63, 3.8) is 0 Å². The summed E-state index contributed by atoms with van der Waals surface area (Å²) < 4.78 is 25.0. The van der Waals surface area contributed by atoms with Gasteiger partial charge in [0.2, 0.25) is 0 Å². The molecule has 0 amide bonds. The van der Waals surface area contributed by atoms with Gasteiger partial charge in [-0.3, -0.25) is 4.98 Å². The molecule has 0 saturated carbocycles. The molecule has 0 aliphatic rings. The summed E-state index contributed by atoms with van der Waals surface area (Å²) >= 11 is 6.04. The number of benzene rings is 2. The van der Waals surface area contributed by atoms with Crippen LogP contribution in [0.1, 0.15) is 16.7 Å². The van der Waals surface area contributed by atoms with Gasteiger partial charge in [0.15, 0.2) is 11.5 Å². The summed E-state index contributed by atoms with van der Waals surface area (Å²) in [5.74, 6) is 0.735. The predicted octanol–water partition coefficient (Wildman–Crippen LogP) is 1.76. The van der Waals surface area contributed by atoms with Crippen molar-refractivity contribution >= 4 is 11.6 Å². The molecule has 0 aliphatic heterocycles. The summed E-state index contributed by atoms with van der Waals surface area (Å²) in [6.07, 6.45) is 3.54. The first kappa shape index (κ1) is 22.0.